The number of anilines is 1. The molecule has 7 heteroatoms. The van der Waals surface area contributed by atoms with Crippen LogP contribution in [0.25, 0.3) is 0 Å². The van der Waals surface area contributed by atoms with Crippen molar-refractivity contribution in [1.29, 1.82) is 0 Å². The molecule has 1 fully saturated rings. The summed E-state index contributed by atoms with van der Waals surface area (Å²) in [5.41, 5.74) is 0.764. The lowest BCUT2D eigenvalue weighted by Gasteiger charge is -2.33. The highest BCUT2D eigenvalue weighted by Crippen LogP contribution is 2.15. The Labute approximate surface area is 148 Å². The molecule has 0 spiro atoms. The molecule has 25 heavy (non-hydrogen) atoms. The SMILES string of the molecule is CCOC(=O)N1CCN(CCC(=O)Nc2ccc(OCC)cc2)CC1. The molecule has 138 valence electrons. The molecule has 0 aromatic heterocycles. The summed E-state index contributed by atoms with van der Waals surface area (Å²) in [4.78, 5) is 27.6. The average Bonchev–Trinajstić information content (AvgIpc) is 2.62. The first-order chi connectivity index (χ1) is 12.1. The highest BCUT2D eigenvalue weighted by atomic mass is 16.6. The van der Waals surface area contributed by atoms with Crippen LogP contribution in [0.1, 0.15) is 20.3 Å². The molecule has 0 unspecified atom stereocenters. The highest BCUT2D eigenvalue weighted by molar-refractivity contribution is 5.90. The quantitative estimate of drug-likeness (QED) is 0.817. The van der Waals surface area contributed by atoms with Gasteiger partial charge in [-0.3, -0.25) is 9.69 Å². The zero-order valence-electron chi connectivity index (χ0n) is 15.0. The van der Waals surface area contributed by atoms with Crippen molar-refractivity contribution in [3.05, 3.63) is 24.3 Å². The van der Waals surface area contributed by atoms with Crippen molar-refractivity contribution in [1.82, 2.24) is 9.80 Å². The average molecular weight is 349 g/mol. The number of carbonyl (C=O) groups is 2. The van der Waals surface area contributed by atoms with Crippen LogP contribution in [-0.4, -0.2) is 67.7 Å². The number of hydrogen-bond acceptors (Lipinski definition) is 5. The number of hydrogen-bond donors (Lipinski definition) is 1. The summed E-state index contributed by atoms with van der Waals surface area (Å²) in [7, 11) is 0. The molecule has 1 aliphatic heterocycles. The van der Waals surface area contributed by atoms with E-state index in [9.17, 15) is 9.59 Å². The van der Waals surface area contributed by atoms with Crippen LogP contribution < -0.4 is 10.1 Å². The number of benzene rings is 1. The van der Waals surface area contributed by atoms with E-state index >= 15 is 0 Å². The molecule has 0 bridgehead atoms. The number of nitrogens with zero attached hydrogens (tertiary/aromatic N) is 2. The van der Waals surface area contributed by atoms with Gasteiger partial charge in [0.05, 0.1) is 13.2 Å². The van der Waals surface area contributed by atoms with E-state index in [4.69, 9.17) is 9.47 Å². The van der Waals surface area contributed by atoms with Gasteiger partial charge in [-0.25, -0.2) is 4.79 Å². The van der Waals surface area contributed by atoms with Gasteiger partial charge in [0, 0.05) is 44.8 Å². The van der Waals surface area contributed by atoms with Gasteiger partial charge in [0.2, 0.25) is 5.91 Å². The van der Waals surface area contributed by atoms with Crippen LogP contribution in [0.4, 0.5) is 10.5 Å². The second kappa shape index (κ2) is 9.88. The van der Waals surface area contributed by atoms with E-state index in [-0.39, 0.29) is 12.0 Å². The molecule has 2 rings (SSSR count). The van der Waals surface area contributed by atoms with Gasteiger partial charge in [-0.05, 0) is 38.1 Å². The number of piperazine rings is 1. The van der Waals surface area contributed by atoms with Crippen molar-refractivity contribution in [2.75, 3.05) is 51.3 Å². The van der Waals surface area contributed by atoms with Crippen LogP contribution in [0.2, 0.25) is 0 Å². The van der Waals surface area contributed by atoms with E-state index < -0.39 is 0 Å². The molecule has 1 N–H and O–H groups in total. The molecule has 1 saturated heterocycles. The molecule has 0 atom stereocenters. The Bertz CT molecular complexity index is 554. The van der Waals surface area contributed by atoms with E-state index in [1.807, 2.05) is 31.2 Å². The van der Waals surface area contributed by atoms with Gasteiger partial charge >= 0.3 is 6.09 Å². The third-order valence-electron chi connectivity index (χ3n) is 4.00. The molecule has 0 radical (unpaired) electrons. The fourth-order valence-electron chi connectivity index (χ4n) is 2.65. The number of carbonyl (C=O) groups excluding carboxylic acids is 2. The van der Waals surface area contributed by atoms with Gasteiger partial charge in [0.15, 0.2) is 0 Å². The van der Waals surface area contributed by atoms with E-state index in [0.717, 1.165) is 24.5 Å². The van der Waals surface area contributed by atoms with Crippen molar-refractivity contribution >= 4 is 17.7 Å². The Kier molecular flexibility index (Phi) is 7.53. The molecule has 1 aliphatic rings. The van der Waals surface area contributed by atoms with E-state index in [0.29, 0.717) is 39.3 Å². The summed E-state index contributed by atoms with van der Waals surface area (Å²) >= 11 is 0. The largest absolute Gasteiger partial charge is 0.494 e. The fraction of sp³-hybridized carbons (Fsp3) is 0.556. The summed E-state index contributed by atoms with van der Waals surface area (Å²) in [6.07, 6.45) is 0.169. The molecule has 7 nitrogen and oxygen atoms in total. The smallest absolute Gasteiger partial charge is 0.409 e. The molecule has 1 aromatic rings. The number of rotatable bonds is 7. The lowest BCUT2D eigenvalue weighted by molar-refractivity contribution is -0.116. The Morgan fingerprint density at radius 2 is 1.72 bits per heavy atom. The number of nitrogens with one attached hydrogen (secondary N) is 1. The lowest BCUT2D eigenvalue weighted by atomic mass is 10.2. The third-order valence-corrected chi connectivity index (χ3v) is 4.00. The molecule has 0 saturated carbocycles. The van der Waals surface area contributed by atoms with Gasteiger partial charge in [-0.1, -0.05) is 0 Å². The molecule has 0 aliphatic carbocycles. The van der Waals surface area contributed by atoms with Crippen molar-refractivity contribution < 1.29 is 19.1 Å². The van der Waals surface area contributed by atoms with Gasteiger partial charge in [0.1, 0.15) is 5.75 Å². The van der Waals surface area contributed by atoms with Gasteiger partial charge in [-0.2, -0.15) is 0 Å². The second-order valence-corrected chi connectivity index (χ2v) is 5.78. The fourth-order valence-corrected chi connectivity index (χ4v) is 2.65. The first-order valence-electron chi connectivity index (χ1n) is 8.79. The molecule has 2 amide bonds. The van der Waals surface area contributed by atoms with Gasteiger partial charge in [0.25, 0.3) is 0 Å². The molecule has 1 heterocycles. The minimum Gasteiger partial charge on any atom is -0.494 e. The first-order valence-corrected chi connectivity index (χ1v) is 8.79. The monoisotopic (exact) mass is 349 g/mol. The van der Waals surface area contributed by atoms with Crippen LogP contribution in [0.3, 0.4) is 0 Å². The predicted octanol–water partition coefficient (Wildman–Crippen LogP) is 2.19. The number of amides is 2. The predicted molar refractivity (Wildman–Crippen MR) is 95.9 cm³/mol. The van der Waals surface area contributed by atoms with Crippen LogP contribution in [0, 0.1) is 0 Å². The number of ether oxygens (including phenoxy) is 2. The second-order valence-electron chi connectivity index (χ2n) is 5.78. The highest BCUT2D eigenvalue weighted by Gasteiger charge is 2.21. The zero-order valence-corrected chi connectivity index (χ0v) is 15.0. The van der Waals surface area contributed by atoms with Crippen molar-refractivity contribution in [2.45, 2.75) is 20.3 Å². The zero-order chi connectivity index (χ0) is 18.1. The molecular formula is C18H27N3O4. The summed E-state index contributed by atoms with van der Waals surface area (Å²) in [6, 6.07) is 7.35. The van der Waals surface area contributed by atoms with Crippen molar-refractivity contribution in [3.63, 3.8) is 0 Å². The maximum absolute atomic E-state index is 12.1. The van der Waals surface area contributed by atoms with E-state index in [1.165, 1.54) is 0 Å². The summed E-state index contributed by atoms with van der Waals surface area (Å²) in [5.74, 6) is 0.775. The molecular weight excluding hydrogens is 322 g/mol. The minimum atomic E-state index is -0.254. The lowest BCUT2D eigenvalue weighted by Crippen LogP contribution is -2.49. The van der Waals surface area contributed by atoms with Crippen molar-refractivity contribution in [3.8, 4) is 5.75 Å². The Balaban J connectivity index is 1.68. The summed E-state index contributed by atoms with van der Waals surface area (Å²) in [5, 5.41) is 2.89. The Morgan fingerprint density at radius 3 is 2.32 bits per heavy atom. The third kappa shape index (κ3) is 6.26. The topological polar surface area (TPSA) is 71.1 Å². The molecule has 1 aromatic carbocycles. The first kappa shape index (κ1) is 19.1. The van der Waals surface area contributed by atoms with Crippen LogP contribution in [0.15, 0.2) is 24.3 Å². The van der Waals surface area contributed by atoms with Gasteiger partial charge in [-0.15, -0.1) is 0 Å². The van der Waals surface area contributed by atoms with Crippen LogP contribution in [0.5, 0.6) is 5.75 Å². The maximum atomic E-state index is 12.1. The van der Waals surface area contributed by atoms with E-state index in [2.05, 4.69) is 10.2 Å². The van der Waals surface area contributed by atoms with Gasteiger partial charge < -0.3 is 19.7 Å². The normalized spacial score (nSPS) is 14.9. The standard InChI is InChI=1S/C18H27N3O4/c1-3-24-16-7-5-15(6-8-16)19-17(22)9-10-20-11-13-21(14-12-20)18(23)25-4-2/h5-8H,3-4,9-14H2,1-2H3,(H,19,22). The Hall–Kier alpha value is -2.28. The Morgan fingerprint density at radius 1 is 1.04 bits per heavy atom. The van der Waals surface area contributed by atoms with E-state index in [1.54, 1.807) is 11.8 Å². The summed E-state index contributed by atoms with van der Waals surface area (Å²) < 4.78 is 10.4. The minimum absolute atomic E-state index is 0.0167. The summed E-state index contributed by atoms with van der Waals surface area (Å²) in [6.45, 7) is 8.22. The van der Waals surface area contributed by atoms with Crippen molar-refractivity contribution in [2.24, 2.45) is 0 Å². The van der Waals surface area contributed by atoms with Crippen LogP contribution >= 0.6 is 0 Å². The van der Waals surface area contributed by atoms with Crippen LogP contribution in [-0.2, 0) is 9.53 Å². The maximum Gasteiger partial charge on any atom is 0.409 e.